The largest absolute Gasteiger partial charge is 0.348 e. The van der Waals surface area contributed by atoms with Gasteiger partial charge in [-0.3, -0.25) is 4.79 Å². The van der Waals surface area contributed by atoms with E-state index in [0.29, 0.717) is 18.7 Å². The number of hydrogen-bond donors (Lipinski definition) is 1. The highest BCUT2D eigenvalue weighted by molar-refractivity contribution is 7.16. The molecule has 5 rings (SSSR count). The quantitative estimate of drug-likeness (QED) is 0.506. The van der Waals surface area contributed by atoms with Crippen LogP contribution in [-0.2, 0) is 13.5 Å². The molecule has 154 valence electrons. The Morgan fingerprint density at radius 1 is 1.37 bits per heavy atom. The van der Waals surface area contributed by atoms with Crippen LogP contribution < -0.4 is 0 Å². The molecule has 5 heterocycles. The van der Waals surface area contributed by atoms with Gasteiger partial charge in [0.2, 0.25) is 5.82 Å². The van der Waals surface area contributed by atoms with Crippen molar-refractivity contribution < 1.29 is 9.18 Å². The van der Waals surface area contributed by atoms with Gasteiger partial charge in [0.15, 0.2) is 11.7 Å². The van der Waals surface area contributed by atoms with Crippen molar-refractivity contribution in [1.29, 1.82) is 0 Å². The maximum absolute atomic E-state index is 13.7. The fourth-order valence-corrected chi connectivity index (χ4v) is 4.03. The van der Waals surface area contributed by atoms with E-state index in [2.05, 4.69) is 20.1 Å². The highest BCUT2D eigenvalue weighted by atomic mass is 31.0. The van der Waals surface area contributed by atoms with E-state index in [1.165, 1.54) is 4.68 Å². The molecule has 0 bridgehead atoms. The smallest absolute Gasteiger partial charge is 0.292 e. The highest BCUT2D eigenvalue weighted by Crippen LogP contribution is 2.34. The van der Waals surface area contributed by atoms with Gasteiger partial charge < -0.3 is 9.88 Å². The van der Waals surface area contributed by atoms with Crippen LogP contribution in [0.1, 0.15) is 51.0 Å². The number of alkyl halides is 1. The molecule has 30 heavy (non-hydrogen) atoms. The summed E-state index contributed by atoms with van der Waals surface area (Å²) < 4.78 is 16.8. The summed E-state index contributed by atoms with van der Waals surface area (Å²) in [6.45, 7) is 2.47. The Balaban J connectivity index is 1.60. The first-order chi connectivity index (χ1) is 14.4. The van der Waals surface area contributed by atoms with Gasteiger partial charge in [-0.05, 0) is 30.7 Å². The van der Waals surface area contributed by atoms with E-state index in [-0.39, 0.29) is 17.6 Å². The molecular formula is C19H20FN8OP. The van der Waals surface area contributed by atoms with Crippen molar-refractivity contribution in [3.63, 3.8) is 0 Å². The van der Waals surface area contributed by atoms with E-state index in [4.69, 9.17) is 5.10 Å². The van der Waals surface area contributed by atoms with Crippen molar-refractivity contribution in [1.82, 2.24) is 39.2 Å². The maximum Gasteiger partial charge on any atom is 0.292 e. The summed E-state index contributed by atoms with van der Waals surface area (Å²) >= 11 is 0. The predicted molar refractivity (Wildman–Crippen MR) is 110 cm³/mol. The first-order valence-electron chi connectivity index (χ1n) is 9.52. The zero-order chi connectivity index (χ0) is 21.0. The van der Waals surface area contributed by atoms with Crippen LogP contribution in [0.25, 0.3) is 5.52 Å². The number of hydrogen-bond acceptors (Lipinski definition) is 5. The topological polar surface area (TPSA) is 97.0 Å². The Kier molecular flexibility index (Phi) is 4.39. The Labute approximate surface area is 173 Å². The molecule has 3 atom stereocenters. The molecule has 0 saturated heterocycles. The molecule has 4 aromatic heterocycles. The fraction of sp³-hybridized carbons (Fsp3) is 0.316. The number of rotatable bonds is 3. The Hall–Kier alpha value is -3.13. The number of nitrogens with one attached hydrogen (secondary N) is 1. The molecule has 0 saturated carbocycles. The lowest BCUT2D eigenvalue weighted by molar-refractivity contribution is 0.0669. The number of aromatic amines is 1. The standard InChI is InChI=1S/C19H20FN8OP/c1-10-3-6-28-11(7-10)8-13(24-28)15-14-12(21-9-22-14)4-5-27(15)19(29)18-23-17(16(20)30)25-26(18)2/h3,6-9,15-16H,4-5,30H2,1-2H3,(H,21,22)/t15-,16?/m1/s1. The number of fused-ring (bicyclic) bond motifs is 2. The fourth-order valence-electron chi connectivity index (χ4n) is 3.89. The van der Waals surface area contributed by atoms with E-state index in [0.717, 1.165) is 22.5 Å². The number of amides is 1. The number of imidazole rings is 1. The molecule has 4 aromatic rings. The number of halogens is 1. The van der Waals surface area contributed by atoms with Crippen molar-refractivity contribution in [2.45, 2.75) is 25.3 Å². The van der Waals surface area contributed by atoms with Crippen molar-refractivity contribution in [3.05, 3.63) is 65.0 Å². The molecule has 0 aromatic carbocycles. The van der Waals surface area contributed by atoms with Crippen LogP contribution in [0, 0.1) is 6.92 Å². The molecule has 0 spiro atoms. The number of pyridine rings is 1. The van der Waals surface area contributed by atoms with Crippen LogP contribution in [-0.4, -0.2) is 51.7 Å². The summed E-state index contributed by atoms with van der Waals surface area (Å²) in [4.78, 5) is 26.9. The predicted octanol–water partition coefficient (Wildman–Crippen LogP) is 2.13. The molecule has 1 amide bonds. The molecule has 1 aliphatic rings. The lowest BCUT2D eigenvalue weighted by Gasteiger charge is -2.33. The second kappa shape index (κ2) is 6.98. The van der Waals surface area contributed by atoms with Gasteiger partial charge in [0.25, 0.3) is 5.91 Å². The Morgan fingerprint density at radius 3 is 2.97 bits per heavy atom. The number of aryl methyl sites for hydroxylation is 2. The average molecular weight is 426 g/mol. The summed E-state index contributed by atoms with van der Waals surface area (Å²) in [5.41, 5.74) is 4.50. The first kappa shape index (κ1) is 18.9. The van der Waals surface area contributed by atoms with Gasteiger partial charge in [0, 0.05) is 31.9 Å². The summed E-state index contributed by atoms with van der Waals surface area (Å²) in [6, 6.07) is 5.49. The molecule has 9 nitrogen and oxygen atoms in total. The zero-order valence-electron chi connectivity index (χ0n) is 16.4. The van der Waals surface area contributed by atoms with Crippen LogP contribution in [0.3, 0.4) is 0 Å². The first-order valence-corrected chi connectivity index (χ1v) is 10.2. The summed E-state index contributed by atoms with van der Waals surface area (Å²) in [6.07, 6.45) is 4.15. The van der Waals surface area contributed by atoms with Crippen LogP contribution in [0.2, 0.25) is 0 Å². The summed E-state index contributed by atoms with van der Waals surface area (Å²) in [5.74, 6) is -1.73. The minimum atomic E-state index is -1.44. The van der Waals surface area contributed by atoms with Crippen LogP contribution in [0.4, 0.5) is 4.39 Å². The molecule has 2 unspecified atom stereocenters. The lowest BCUT2D eigenvalue weighted by Crippen LogP contribution is -2.42. The molecular weight excluding hydrogens is 406 g/mol. The minimum absolute atomic E-state index is 0.0388. The number of carbonyl (C=O) groups is 1. The molecule has 1 N–H and O–H groups in total. The number of aromatic nitrogens is 7. The van der Waals surface area contributed by atoms with E-state index in [1.54, 1.807) is 22.8 Å². The SMILES string of the molecule is Cc1ccn2nc([C@@H]3c4nc[nH]c4CCN3C(=O)c3nc(C(F)P)nn3C)cc2c1. The van der Waals surface area contributed by atoms with Crippen molar-refractivity contribution in [3.8, 4) is 0 Å². The zero-order valence-corrected chi connectivity index (χ0v) is 17.6. The van der Waals surface area contributed by atoms with Gasteiger partial charge in [-0.25, -0.2) is 23.6 Å². The van der Waals surface area contributed by atoms with Gasteiger partial charge >= 0.3 is 0 Å². The second-order valence-corrected chi connectivity index (χ2v) is 7.96. The van der Waals surface area contributed by atoms with Crippen LogP contribution in [0.5, 0.6) is 0 Å². The summed E-state index contributed by atoms with van der Waals surface area (Å²) in [5, 5.41) is 8.72. The van der Waals surface area contributed by atoms with Crippen LogP contribution in [0.15, 0.2) is 30.7 Å². The molecule has 0 aliphatic carbocycles. The minimum Gasteiger partial charge on any atom is -0.348 e. The van der Waals surface area contributed by atoms with Crippen molar-refractivity contribution in [2.24, 2.45) is 7.05 Å². The summed E-state index contributed by atoms with van der Waals surface area (Å²) in [7, 11) is 3.58. The molecule has 0 radical (unpaired) electrons. The Morgan fingerprint density at radius 2 is 2.20 bits per heavy atom. The number of carbonyl (C=O) groups excluding carboxylic acids is 1. The molecule has 0 fully saturated rings. The highest BCUT2D eigenvalue weighted by Gasteiger charge is 2.38. The maximum atomic E-state index is 13.7. The van der Waals surface area contributed by atoms with Gasteiger partial charge in [-0.15, -0.1) is 0 Å². The van der Waals surface area contributed by atoms with Crippen molar-refractivity contribution >= 4 is 20.7 Å². The number of H-pyrrole nitrogens is 1. The van der Waals surface area contributed by atoms with Gasteiger partial charge in [-0.1, -0.05) is 9.24 Å². The lowest BCUT2D eigenvalue weighted by atomic mass is 9.99. The third-order valence-corrected chi connectivity index (χ3v) is 5.62. The van der Waals surface area contributed by atoms with E-state index < -0.39 is 12.0 Å². The van der Waals surface area contributed by atoms with Crippen LogP contribution >= 0.6 is 9.24 Å². The van der Waals surface area contributed by atoms with Crippen molar-refractivity contribution in [2.75, 3.05) is 6.54 Å². The normalized spacial score (nSPS) is 17.3. The van der Waals surface area contributed by atoms with E-state index in [1.807, 2.05) is 40.6 Å². The Bertz CT molecular complexity index is 1260. The second-order valence-electron chi connectivity index (χ2n) is 7.38. The average Bonchev–Trinajstić information content (AvgIpc) is 3.43. The third kappa shape index (κ3) is 2.99. The third-order valence-electron chi connectivity index (χ3n) is 5.32. The number of nitrogens with zero attached hydrogens (tertiary/aromatic N) is 7. The van der Waals surface area contributed by atoms with E-state index >= 15 is 0 Å². The van der Waals surface area contributed by atoms with Gasteiger partial charge in [0.1, 0.15) is 6.04 Å². The molecule has 1 aliphatic heterocycles. The molecule has 11 heteroatoms. The van der Waals surface area contributed by atoms with E-state index in [9.17, 15) is 9.18 Å². The van der Waals surface area contributed by atoms with Gasteiger partial charge in [0.05, 0.1) is 23.2 Å². The van der Waals surface area contributed by atoms with Gasteiger partial charge in [-0.2, -0.15) is 10.2 Å². The monoisotopic (exact) mass is 426 g/mol.